The number of ether oxygens (including phenoxy) is 1. The van der Waals surface area contributed by atoms with Crippen molar-refractivity contribution in [2.75, 3.05) is 33.4 Å². The van der Waals surface area contributed by atoms with Crippen molar-refractivity contribution in [3.05, 3.63) is 11.6 Å². The molecule has 1 N–H and O–H groups in total. The van der Waals surface area contributed by atoms with Gasteiger partial charge in [0.2, 0.25) is 0 Å². The zero-order valence-electron chi connectivity index (χ0n) is 12.0. The molecule has 1 fully saturated rings. The minimum absolute atomic E-state index is 0.176. The number of likely N-dealkylation sites (N-methyl/N-ethyl adjacent to an activating group) is 1. The third-order valence-corrected chi connectivity index (χ3v) is 3.93. The Morgan fingerprint density at radius 1 is 1.41 bits per heavy atom. The van der Waals surface area contributed by atoms with Crippen LogP contribution in [-0.4, -0.2) is 49.8 Å². The molecule has 0 aromatic carbocycles. The Morgan fingerprint density at radius 2 is 2.00 bits per heavy atom. The molecule has 0 radical (unpaired) electrons. The van der Waals surface area contributed by atoms with Gasteiger partial charge in [-0.05, 0) is 34.2 Å². The van der Waals surface area contributed by atoms with E-state index in [9.17, 15) is 0 Å². The van der Waals surface area contributed by atoms with E-state index in [0.717, 1.165) is 32.7 Å². The predicted octanol–water partition coefficient (Wildman–Crippen LogP) is 2.04. The van der Waals surface area contributed by atoms with Crippen LogP contribution in [0.2, 0.25) is 0 Å². The maximum Gasteiger partial charge on any atom is 0.0594 e. The number of allylic oxidation sites excluding steroid dienone is 1. The molecule has 2 unspecified atom stereocenters. The van der Waals surface area contributed by atoms with Gasteiger partial charge in [-0.1, -0.05) is 18.6 Å². The maximum atomic E-state index is 5.46. The van der Waals surface area contributed by atoms with E-state index in [1.54, 1.807) is 0 Å². The normalized spacial score (nSPS) is 22.9. The summed E-state index contributed by atoms with van der Waals surface area (Å²) in [5.74, 6) is 0. The van der Waals surface area contributed by atoms with Crippen molar-refractivity contribution in [1.29, 1.82) is 0 Å². The van der Waals surface area contributed by atoms with Crippen molar-refractivity contribution in [3.63, 3.8) is 0 Å². The van der Waals surface area contributed by atoms with Crippen molar-refractivity contribution in [3.8, 4) is 0 Å². The Bertz CT molecular complexity index is 255. The van der Waals surface area contributed by atoms with Gasteiger partial charge in [0.1, 0.15) is 0 Å². The second-order valence-electron chi connectivity index (χ2n) is 5.32. The van der Waals surface area contributed by atoms with Gasteiger partial charge in [-0.2, -0.15) is 0 Å². The molecule has 0 aromatic rings. The summed E-state index contributed by atoms with van der Waals surface area (Å²) in [7, 11) is 2.05. The molecule has 3 nitrogen and oxygen atoms in total. The second kappa shape index (κ2) is 6.53. The van der Waals surface area contributed by atoms with Crippen LogP contribution in [0, 0.1) is 0 Å². The maximum absolute atomic E-state index is 5.46. The molecule has 17 heavy (non-hydrogen) atoms. The molecule has 1 saturated heterocycles. The van der Waals surface area contributed by atoms with Crippen LogP contribution in [0.1, 0.15) is 34.1 Å². The molecule has 1 aliphatic rings. The summed E-state index contributed by atoms with van der Waals surface area (Å²) >= 11 is 0. The molecular weight excluding hydrogens is 212 g/mol. The predicted molar refractivity (Wildman–Crippen MR) is 73.4 cm³/mol. The lowest BCUT2D eigenvalue weighted by Crippen LogP contribution is -2.60. The van der Waals surface area contributed by atoms with Crippen LogP contribution < -0.4 is 5.32 Å². The monoisotopic (exact) mass is 240 g/mol. The molecule has 2 atom stereocenters. The summed E-state index contributed by atoms with van der Waals surface area (Å²) in [6.45, 7) is 12.8. The van der Waals surface area contributed by atoms with Crippen LogP contribution in [0.3, 0.4) is 0 Å². The third-order valence-electron chi connectivity index (χ3n) is 3.93. The van der Waals surface area contributed by atoms with Crippen LogP contribution in [0.15, 0.2) is 11.6 Å². The first-order valence-corrected chi connectivity index (χ1v) is 6.69. The SMILES string of the molecule is CCC(C)(C(C=C(C)C)NC)N1CCOCC1. The first-order chi connectivity index (χ1) is 8.04. The zero-order valence-corrected chi connectivity index (χ0v) is 12.0. The van der Waals surface area contributed by atoms with Crippen molar-refractivity contribution >= 4 is 0 Å². The lowest BCUT2D eigenvalue weighted by Gasteiger charge is -2.47. The highest BCUT2D eigenvalue weighted by Gasteiger charge is 2.36. The summed E-state index contributed by atoms with van der Waals surface area (Å²) in [6.07, 6.45) is 3.49. The Morgan fingerprint density at radius 3 is 2.41 bits per heavy atom. The van der Waals surface area contributed by atoms with Gasteiger partial charge in [0, 0.05) is 24.7 Å². The first kappa shape index (κ1) is 14.7. The highest BCUT2D eigenvalue weighted by Crippen LogP contribution is 2.26. The number of hydrogen-bond donors (Lipinski definition) is 1. The van der Waals surface area contributed by atoms with Gasteiger partial charge in [0.05, 0.1) is 13.2 Å². The van der Waals surface area contributed by atoms with E-state index < -0.39 is 0 Å². The number of rotatable bonds is 5. The topological polar surface area (TPSA) is 24.5 Å². The van der Waals surface area contributed by atoms with Gasteiger partial charge >= 0.3 is 0 Å². The summed E-state index contributed by atoms with van der Waals surface area (Å²) in [5, 5.41) is 3.46. The highest BCUT2D eigenvalue weighted by molar-refractivity contribution is 5.11. The third kappa shape index (κ3) is 3.54. The molecule has 0 amide bonds. The largest absolute Gasteiger partial charge is 0.379 e. The molecule has 0 saturated carbocycles. The number of morpholine rings is 1. The Hall–Kier alpha value is -0.380. The number of nitrogens with zero attached hydrogens (tertiary/aromatic N) is 1. The Kier molecular flexibility index (Phi) is 5.63. The zero-order chi connectivity index (χ0) is 12.9. The average Bonchev–Trinajstić information content (AvgIpc) is 2.35. The standard InChI is InChI=1S/C14H28N2O/c1-6-14(4,13(15-5)11-12(2)3)16-7-9-17-10-8-16/h11,13,15H,6-10H2,1-5H3. The molecule has 100 valence electrons. The van der Waals surface area contributed by atoms with Crippen molar-refractivity contribution in [2.45, 2.75) is 45.7 Å². The molecule has 0 aliphatic carbocycles. The second-order valence-corrected chi connectivity index (χ2v) is 5.32. The van der Waals surface area contributed by atoms with Gasteiger partial charge in [0.15, 0.2) is 0 Å². The van der Waals surface area contributed by atoms with Crippen LogP contribution in [0.4, 0.5) is 0 Å². The van der Waals surface area contributed by atoms with E-state index in [1.165, 1.54) is 5.57 Å². The lowest BCUT2D eigenvalue weighted by atomic mass is 9.85. The number of hydrogen-bond acceptors (Lipinski definition) is 3. The van der Waals surface area contributed by atoms with Gasteiger partial charge in [-0.25, -0.2) is 0 Å². The van der Waals surface area contributed by atoms with E-state index in [2.05, 4.69) is 51.0 Å². The van der Waals surface area contributed by atoms with Crippen LogP contribution in [-0.2, 0) is 4.74 Å². The smallest absolute Gasteiger partial charge is 0.0594 e. The molecule has 1 heterocycles. The van der Waals surface area contributed by atoms with E-state index in [4.69, 9.17) is 4.74 Å². The quantitative estimate of drug-likeness (QED) is 0.744. The highest BCUT2D eigenvalue weighted by atomic mass is 16.5. The van der Waals surface area contributed by atoms with E-state index in [0.29, 0.717) is 6.04 Å². The van der Waals surface area contributed by atoms with Crippen molar-refractivity contribution in [1.82, 2.24) is 10.2 Å². The van der Waals surface area contributed by atoms with Gasteiger partial charge in [-0.3, -0.25) is 4.90 Å². The summed E-state index contributed by atoms with van der Waals surface area (Å²) in [5.41, 5.74) is 1.55. The lowest BCUT2D eigenvalue weighted by molar-refractivity contribution is -0.0254. The van der Waals surface area contributed by atoms with E-state index in [-0.39, 0.29) is 5.54 Å². The average molecular weight is 240 g/mol. The first-order valence-electron chi connectivity index (χ1n) is 6.69. The van der Waals surface area contributed by atoms with Crippen LogP contribution in [0.5, 0.6) is 0 Å². The molecule has 1 aliphatic heterocycles. The fourth-order valence-electron chi connectivity index (χ4n) is 2.62. The molecule has 0 bridgehead atoms. The molecule has 0 aromatic heterocycles. The Balaban J connectivity index is 2.86. The molecule has 3 heteroatoms. The summed E-state index contributed by atoms with van der Waals surface area (Å²) in [6, 6.07) is 0.399. The molecule has 0 spiro atoms. The van der Waals surface area contributed by atoms with Gasteiger partial charge in [0.25, 0.3) is 0 Å². The van der Waals surface area contributed by atoms with Crippen LogP contribution in [0.25, 0.3) is 0 Å². The summed E-state index contributed by atoms with van der Waals surface area (Å²) < 4.78 is 5.46. The van der Waals surface area contributed by atoms with Gasteiger partial charge < -0.3 is 10.1 Å². The molecular formula is C14H28N2O. The van der Waals surface area contributed by atoms with E-state index in [1.807, 2.05) is 0 Å². The van der Waals surface area contributed by atoms with Crippen LogP contribution >= 0.6 is 0 Å². The summed E-state index contributed by atoms with van der Waals surface area (Å²) in [4.78, 5) is 2.57. The fraction of sp³-hybridized carbons (Fsp3) is 0.857. The Labute approximate surface area is 106 Å². The number of nitrogens with one attached hydrogen (secondary N) is 1. The van der Waals surface area contributed by atoms with Gasteiger partial charge in [-0.15, -0.1) is 0 Å². The van der Waals surface area contributed by atoms with E-state index >= 15 is 0 Å². The van der Waals surface area contributed by atoms with Crippen molar-refractivity contribution < 1.29 is 4.74 Å². The van der Waals surface area contributed by atoms with Crippen molar-refractivity contribution in [2.24, 2.45) is 0 Å². The minimum Gasteiger partial charge on any atom is -0.379 e. The fourth-order valence-corrected chi connectivity index (χ4v) is 2.62. The minimum atomic E-state index is 0.176. The molecule has 1 rings (SSSR count).